The molecule has 2 aromatic rings. The number of sulfone groups is 1. The number of fused-ring (bicyclic) bond motifs is 1. The Bertz CT molecular complexity index is 904. The first-order valence-corrected chi connectivity index (χ1v) is 10.8. The van der Waals surface area contributed by atoms with Gasteiger partial charge in [0.1, 0.15) is 5.82 Å². The van der Waals surface area contributed by atoms with Crippen LogP contribution < -0.4 is 0 Å². The standard InChI is InChI=1S/C18H22N4O3S/c1-26(24,25)15-6-2-13(3-7-15)12-17(23)21-9-8-16-19-18(14-4-5-14)20-22(16)11-10-21/h2-3,6-7,14H,4-5,8-12H2,1H3. The maximum absolute atomic E-state index is 12.6. The number of hydrogen-bond donors (Lipinski definition) is 0. The van der Waals surface area contributed by atoms with E-state index in [4.69, 9.17) is 0 Å². The molecule has 0 radical (unpaired) electrons. The van der Waals surface area contributed by atoms with Gasteiger partial charge in [-0.3, -0.25) is 4.79 Å². The highest BCUT2D eigenvalue weighted by Crippen LogP contribution is 2.38. The summed E-state index contributed by atoms with van der Waals surface area (Å²) in [7, 11) is -3.21. The Morgan fingerprint density at radius 2 is 1.88 bits per heavy atom. The van der Waals surface area contributed by atoms with E-state index < -0.39 is 9.84 Å². The van der Waals surface area contributed by atoms with E-state index in [0.29, 0.717) is 25.6 Å². The number of amides is 1. The predicted molar refractivity (Wildman–Crippen MR) is 95.5 cm³/mol. The van der Waals surface area contributed by atoms with Crippen LogP contribution in [0.3, 0.4) is 0 Å². The lowest BCUT2D eigenvalue weighted by Gasteiger charge is -2.20. The fourth-order valence-electron chi connectivity index (χ4n) is 3.22. The number of carbonyl (C=O) groups is 1. The third-order valence-corrected chi connectivity index (χ3v) is 6.08. The van der Waals surface area contributed by atoms with Crippen LogP contribution in [-0.2, 0) is 34.0 Å². The van der Waals surface area contributed by atoms with Crippen LogP contribution in [0.1, 0.15) is 36.0 Å². The summed E-state index contributed by atoms with van der Waals surface area (Å²) in [5.41, 5.74) is 0.818. The van der Waals surface area contributed by atoms with Crippen molar-refractivity contribution in [1.82, 2.24) is 19.7 Å². The molecular weight excluding hydrogens is 352 g/mol. The molecule has 138 valence electrons. The number of carbonyl (C=O) groups excluding carboxylic acids is 1. The van der Waals surface area contributed by atoms with Gasteiger partial charge in [-0.2, -0.15) is 5.10 Å². The molecular formula is C18H22N4O3S. The summed E-state index contributed by atoms with van der Waals surface area (Å²) in [6, 6.07) is 6.53. The summed E-state index contributed by atoms with van der Waals surface area (Å²) in [6.45, 7) is 1.94. The SMILES string of the molecule is CS(=O)(=O)c1ccc(CC(=O)N2CCc3nc(C4CC4)nn3CC2)cc1. The minimum absolute atomic E-state index is 0.0466. The van der Waals surface area contributed by atoms with Crippen LogP contribution in [0.25, 0.3) is 0 Å². The highest BCUT2D eigenvalue weighted by molar-refractivity contribution is 7.90. The summed E-state index contributed by atoms with van der Waals surface area (Å²) in [5.74, 6) is 2.53. The largest absolute Gasteiger partial charge is 0.340 e. The van der Waals surface area contributed by atoms with Crippen molar-refractivity contribution in [2.24, 2.45) is 0 Å². The smallest absolute Gasteiger partial charge is 0.227 e. The molecule has 1 aromatic heterocycles. The molecule has 1 fully saturated rings. The zero-order chi connectivity index (χ0) is 18.3. The predicted octanol–water partition coefficient (Wildman–Crippen LogP) is 1.19. The van der Waals surface area contributed by atoms with E-state index in [1.807, 2.05) is 9.58 Å². The molecule has 0 atom stereocenters. The molecule has 1 aliphatic carbocycles. The quantitative estimate of drug-likeness (QED) is 0.802. The Morgan fingerprint density at radius 1 is 1.15 bits per heavy atom. The van der Waals surface area contributed by atoms with Crippen LogP contribution in [0.2, 0.25) is 0 Å². The zero-order valence-electron chi connectivity index (χ0n) is 14.8. The third-order valence-electron chi connectivity index (χ3n) is 4.95. The summed E-state index contributed by atoms with van der Waals surface area (Å²) < 4.78 is 25.0. The van der Waals surface area contributed by atoms with Crippen LogP contribution >= 0.6 is 0 Å². The maximum Gasteiger partial charge on any atom is 0.227 e. The van der Waals surface area contributed by atoms with Gasteiger partial charge < -0.3 is 4.90 Å². The van der Waals surface area contributed by atoms with Crippen molar-refractivity contribution < 1.29 is 13.2 Å². The fourth-order valence-corrected chi connectivity index (χ4v) is 3.86. The Morgan fingerprint density at radius 3 is 2.54 bits per heavy atom. The first-order valence-electron chi connectivity index (χ1n) is 8.90. The van der Waals surface area contributed by atoms with Gasteiger partial charge in [0.2, 0.25) is 5.91 Å². The third kappa shape index (κ3) is 3.65. The van der Waals surface area contributed by atoms with Crippen molar-refractivity contribution in [1.29, 1.82) is 0 Å². The Kier molecular flexibility index (Phi) is 4.30. The molecule has 8 heteroatoms. The summed E-state index contributed by atoms with van der Waals surface area (Å²) in [4.78, 5) is 19.4. The molecule has 0 spiro atoms. The number of aromatic nitrogens is 3. The number of rotatable bonds is 4. The molecule has 0 unspecified atom stereocenters. The molecule has 2 aliphatic rings. The van der Waals surface area contributed by atoms with Crippen LogP contribution in [0.15, 0.2) is 29.2 Å². The minimum Gasteiger partial charge on any atom is -0.340 e. The normalized spacial score (nSPS) is 17.7. The Balaban J connectivity index is 1.38. The molecule has 0 saturated heterocycles. The lowest BCUT2D eigenvalue weighted by Crippen LogP contribution is -2.34. The van der Waals surface area contributed by atoms with E-state index in [9.17, 15) is 13.2 Å². The van der Waals surface area contributed by atoms with Gasteiger partial charge >= 0.3 is 0 Å². The van der Waals surface area contributed by atoms with Crippen LogP contribution in [0.5, 0.6) is 0 Å². The van der Waals surface area contributed by atoms with Gasteiger partial charge in [-0.1, -0.05) is 12.1 Å². The second kappa shape index (κ2) is 6.50. The maximum atomic E-state index is 12.6. The molecule has 1 aromatic carbocycles. The lowest BCUT2D eigenvalue weighted by atomic mass is 10.1. The van der Waals surface area contributed by atoms with Gasteiger partial charge in [0.05, 0.1) is 17.9 Å². The molecule has 1 aliphatic heterocycles. The average molecular weight is 374 g/mol. The zero-order valence-corrected chi connectivity index (χ0v) is 15.6. The first kappa shape index (κ1) is 17.2. The highest BCUT2D eigenvalue weighted by Gasteiger charge is 2.30. The first-order chi connectivity index (χ1) is 12.4. The van der Waals surface area contributed by atoms with E-state index in [1.165, 1.54) is 19.1 Å². The second-order valence-corrected chi connectivity index (χ2v) is 9.12. The van der Waals surface area contributed by atoms with Crippen LogP contribution in [0, 0.1) is 0 Å². The van der Waals surface area contributed by atoms with Gasteiger partial charge in [0.25, 0.3) is 0 Å². The van der Waals surface area contributed by atoms with Gasteiger partial charge in [-0.25, -0.2) is 18.1 Å². The molecule has 26 heavy (non-hydrogen) atoms. The van der Waals surface area contributed by atoms with Gasteiger partial charge in [0.15, 0.2) is 15.7 Å². The van der Waals surface area contributed by atoms with E-state index in [1.54, 1.807) is 24.3 Å². The Labute approximate surface area is 152 Å². The summed E-state index contributed by atoms with van der Waals surface area (Å²) >= 11 is 0. The topological polar surface area (TPSA) is 85.2 Å². The average Bonchev–Trinajstić information content (AvgIpc) is 3.39. The monoisotopic (exact) mass is 374 g/mol. The molecule has 2 heterocycles. The van der Waals surface area contributed by atoms with E-state index >= 15 is 0 Å². The van der Waals surface area contributed by atoms with Gasteiger partial charge in [-0.05, 0) is 30.5 Å². The number of benzene rings is 1. The van der Waals surface area contributed by atoms with E-state index in [-0.39, 0.29) is 17.2 Å². The second-order valence-electron chi connectivity index (χ2n) is 7.11. The highest BCUT2D eigenvalue weighted by atomic mass is 32.2. The fraction of sp³-hybridized carbons (Fsp3) is 0.500. The lowest BCUT2D eigenvalue weighted by molar-refractivity contribution is -0.130. The minimum atomic E-state index is -3.21. The molecule has 4 rings (SSSR count). The van der Waals surface area contributed by atoms with Crippen molar-refractivity contribution in [3.63, 3.8) is 0 Å². The van der Waals surface area contributed by atoms with E-state index in [0.717, 1.165) is 23.6 Å². The van der Waals surface area contributed by atoms with Crippen molar-refractivity contribution >= 4 is 15.7 Å². The van der Waals surface area contributed by atoms with Gasteiger partial charge in [0, 0.05) is 31.7 Å². The molecule has 7 nitrogen and oxygen atoms in total. The molecule has 0 N–H and O–H groups in total. The summed E-state index contributed by atoms with van der Waals surface area (Å²) in [6.07, 6.45) is 4.54. The summed E-state index contributed by atoms with van der Waals surface area (Å²) in [5, 5.41) is 4.59. The molecule has 1 saturated carbocycles. The van der Waals surface area contributed by atoms with Crippen LogP contribution in [0.4, 0.5) is 0 Å². The molecule has 1 amide bonds. The van der Waals surface area contributed by atoms with Crippen molar-refractivity contribution in [2.75, 3.05) is 19.3 Å². The van der Waals surface area contributed by atoms with Crippen molar-refractivity contribution in [3.8, 4) is 0 Å². The van der Waals surface area contributed by atoms with Crippen molar-refractivity contribution in [2.45, 2.75) is 43.0 Å². The number of nitrogens with zero attached hydrogens (tertiary/aromatic N) is 4. The van der Waals surface area contributed by atoms with Gasteiger partial charge in [-0.15, -0.1) is 0 Å². The Hall–Kier alpha value is -2.22. The van der Waals surface area contributed by atoms with Crippen molar-refractivity contribution in [3.05, 3.63) is 41.5 Å². The number of hydrogen-bond acceptors (Lipinski definition) is 5. The van der Waals surface area contributed by atoms with Crippen LogP contribution in [-0.4, -0.2) is 53.3 Å². The van der Waals surface area contributed by atoms with E-state index in [2.05, 4.69) is 10.1 Å². The molecule has 0 bridgehead atoms.